The summed E-state index contributed by atoms with van der Waals surface area (Å²) in [4.78, 5) is 39.1. The summed E-state index contributed by atoms with van der Waals surface area (Å²) in [5, 5.41) is 30.0. The van der Waals surface area contributed by atoms with Crippen molar-refractivity contribution < 1.29 is 29.4 Å². The highest BCUT2D eigenvalue weighted by Crippen LogP contribution is 2.61. The van der Waals surface area contributed by atoms with Crippen LogP contribution < -0.4 is 10.6 Å². The largest absolute Gasteiger partial charge is 0.394 e. The third kappa shape index (κ3) is 8.71. The lowest BCUT2D eigenvalue weighted by Gasteiger charge is -2.62. The van der Waals surface area contributed by atoms with Crippen LogP contribution in [0.3, 0.4) is 0 Å². The van der Waals surface area contributed by atoms with E-state index in [-0.39, 0.29) is 54.4 Å². The van der Waals surface area contributed by atoms with Gasteiger partial charge in [-0.25, -0.2) is 0 Å². The van der Waals surface area contributed by atoms with Crippen LogP contribution in [0.2, 0.25) is 0 Å². The molecule has 0 aromatic carbocycles. The SMILES string of the molecule is COC1C(CN2O[C@@H](CO)[C@H]([C@H](C)O)[C@H]2C(=O)N[C@H]2C[C@H]3C[C@@H]([C@@H]2C)C3(C)C)CCCC1C1CC(C(=O)N[C@@H](CN(C)C)C(C)C)CC(N(C)C)C1. The molecule has 5 saturated carbocycles. The average molecular weight is 734 g/mol. The van der Waals surface area contributed by atoms with E-state index in [0.29, 0.717) is 47.6 Å². The number of likely N-dealkylation sites (N-methyl/N-ethyl adjacent to an activating group) is 1. The van der Waals surface area contributed by atoms with E-state index in [0.717, 1.165) is 51.5 Å². The molecule has 1 aliphatic heterocycles. The van der Waals surface area contributed by atoms with Gasteiger partial charge < -0.3 is 35.4 Å². The van der Waals surface area contributed by atoms with Gasteiger partial charge in [0, 0.05) is 56.1 Å². The normalized spacial score (nSPS) is 40.4. The van der Waals surface area contributed by atoms with E-state index < -0.39 is 24.2 Å². The van der Waals surface area contributed by atoms with Crippen LogP contribution in [0, 0.1) is 58.7 Å². The number of ether oxygens (including phenoxy) is 1. The molecular weight excluding hydrogens is 658 g/mol. The van der Waals surface area contributed by atoms with E-state index in [9.17, 15) is 19.8 Å². The van der Waals surface area contributed by atoms with E-state index in [2.05, 4.69) is 83.2 Å². The molecule has 6 unspecified atom stereocenters. The summed E-state index contributed by atoms with van der Waals surface area (Å²) < 4.78 is 6.40. The minimum Gasteiger partial charge on any atom is -0.394 e. The van der Waals surface area contributed by atoms with Gasteiger partial charge in [0.05, 0.1) is 18.8 Å². The topological polar surface area (TPSA) is 127 Å². The van der Waals surface area contributed by atoms with Crippen molar-refractivity contribution in [1.82, 2.24) is 25.5 Å². The summed E-state index contributed by atoms with van der Waals surface area (Å²) in [6.45, 7) is 14.1. The molecule has 6 fully saturated rings. The Morgan fingerprint density at radius 2 is 1.73 bits per heavy atom. The number of carbonyl (C=O) groups is 2. The third-order valence-corrected chi connectivity index (χ3v) is 14.9. The number of carbonyl (C=O) groups excluding carboxylic acids is 2. The van der Waals surface area contributed by atoms with Crippen molar-refractivity contribution in [3.8, 4) is 0 Å². The fraction of sp³-hybridized carbons (Fsp3) is 0.951. The van der Waals surface area contributed by atoms with Gasteiger partial charge in [0.1, 0.15) is 12.1 Å². The lowest BCUT2D eigenvalue weighted by molar-refractivity contribution is -0.193. The van der Waals surface area contributed by atoms with Crippen LogP contribution in [0.5, 0.6) is 0 Å². The highest BCUT2D eigenvalue weighted by Gasteiger charge is 2.58. The molecule has 6 rings (SSSR count). The maximum Gasteiger partial charge on any atom is 0.240 e. The van der Waals surface area contributed by atoms with E-state index in [1.165, 1.54) is 6.42 Å². The predicted molar refractivity (Wildman–Crippen MR) is 204 cm³/mol. The second-order valence-electron chi connectivity index (χ2n) is 19.2. The smallest absolute Gasteiger partial charge is 0.240 e. The Morgan fingerprint density at radius 3 is 2.29 bits per heavy atom. The third-order valence-electron chi connectivity index (χ3n) is 14.9. The number of fused-ring (bicyclic) bond motifs is 2. The van der Waals surface area contributed by atoms with Crippen molar-refractivity contribution in [2.45, 2.75) is 135 Å². The number of amides is 2. The van der Waals surface area contributed by atoms with E-state index in [4.69, 9.17) is 9.57 Å². The van der Waals surface area contributed by atoms with Crippen LogP contribution in [0.15, 0.2) is 0 Å². The minimum absolute atomic E-state index is 0.0567. The second-order valence-corrected chi connectivity index (χ2v) is 19.2. The molecule has 4 N–H and O–H groups in total. The molecule has 52 heavy (non-hydrogen) atoms. The quantitative estimate of drug-likeness (QED) is 0.212. The van der Waals surface area contributed by atoms with Gasteiger partial charge in [-0.15, -0.1) is 0 Å². The van der Waals surface area contributed by atoms with Gasteiger partial charge >= 0.3 is 0 Å². The molecule has 11 heteroatoms. The molecule has 300 valence electrons. The second kappa shape index (κ2) is 17.2. The Kier molecular flexibility index (Phi) is 13.8. The summed E-state index contributed by atoms with van der Waals surface area (Å²) >= 11 is 0. The molecule has 15 atom stereocenters. The molecule has 0 aromatic rings. The van der Waals surface area contributed by atoms with Crippen molar-refractivity contribution in [3.63, 3.8) is 0 Å². The minimum atomic E-state index is -0.826. The maximum atomic E-state index is 14.3. The number of nitrogens with zero attached hydrogens (tertiary/aromatic N) is 3. The molecule has 1 heterocycles. The first kappa shape index (κ1) is 41.8. The average Bonchev–Trinajstić information content (AvgIpc) is 3.46. The Balaban J connectivity index is 1.32. The van der Waals surface area contributed by atoms with Crippen LogP contribution in [0.4, 0.5) is 0 Å². The van der Waals surface area contributed by atoms with E-state index in [1.807, 2.05) is 7.11 Å². The number of hydrogen-bond donors (Lipinski definition) is 4. The summed E-state index contributed by atoms with van der Waals surface area (Å²) in [5.74, 6) is 2.10. The van der Waals surface area contributed by atoms with Crippen molar-refractivity contribution in [2.75, 3.05) is 55.0 Å². The number of rotatable bonds is 14. The zero-order valence-electron chi connectivity index (χ0n) is 34.4. The summed E-state index contributed by atoms with van der Waals surface area (Å²) in [6, 6.07) is -0.196. The Labute approximate surface area is 315 Å². The molecule has 11 nitrogen and oxygen atoms in total. The molecule has 6 aliphatic rings. The number of hydrogen-bond acceptors (Lipinski definition) is 9. The van der Waals surface area contributed by atoms with Gasteiger partial charge in [-0.3, -0.25) is 14.4 Å². The molecule has 0 aromatic heterocycles. The van der Waals surface area contributed by atoms with Gasteiger partial charge in [-0.05, 0) is 121 Å². The standard InChI is InChI=1S/C41H75N5O6/c1-23(2)34(21-44(7)8)43-39(49)28-15-27(16-30(17-28)45(9)10)31-14-12-13-26(38(31)51-11)20-46-37(36(25(4)48)35(22-47)52-46)40(50)42-33-19-29-18-32(24(33)3)41(29,5)6/h23-38,47-48H,12-22H2,1-11H3,(H,42,50)(H,43,49)/t24-,25-,26?,27?,28?,29+,30?,31?,32-,33-,34-,35-,36-,37-,38?/m0/s1. The Bertz CT molecular complexity index is 1200. The van der Waals surface area contributed by atoms with Crippen LogP contribution in [-0.2, 0) is 19.2 Å². The first-order chi connectivity index (χ1) is 24.5. The molecule has 5 aliphatic carbocycles. The summed E-state index contributed by atoms with van der Waals surface area (Å²) in [7, 11) is 10.2. The first-order valence-electron chi connectivity index (χ1n) is 20.6. The van der Waals surface area contributed by atoms with Gasteiger partial charge in [0.25, 0.3) is 0 Å². The van der Waals surface area contributed by atoms with Crippen molar-refractivity contribution >= 4 is 11.8 Å². The number of hydroxylamine groups is 2. The highest BCUT2D eigenvalue weighted by molar-refractivity contribution is 5.83. The maximum absolute atomic E-state index is 14.3. The zero-order valence-corrected chi connectivity index (χ0v) is 34.4. The highest BCUT2D eigenvalue weighted by atomic mass is 16.7. The monoisotopic (exact) mass is 734 g/mol. The molecular formula is C41H75N5O6. The van der Waals surface area contributed by atoms with Crippen LogP contribution in [0.1, 0.15) is 92.9 Å². The van der Waals surface area contributed by atoms with E-state index >= 15 is 0 Å². The van der Waals surface area contributed by atoms with Crippen molar-refractivity contribution in [2.24, 2.45) is 58.7 Å². The lowest BCUT2D eigenvalue weighted by atomic mass is 9.45. The molecule has 2 amide bonds. The van der Waals surface area contributed by atoms with Crippen molar-refractivity contribution in [3.05, 3.63) is 0 Å². The van der Waals surface area contributed by atoms with Gasteiger partial charge in [0.15, 0.2) is 0 Å². The van der Waals surface area contributed by atoms with Crippen LogP contribution in [0.25, 0.3) is 0 Å². The number of nitrogens with one attached hydrogen (secondary N) is 2. The van der Waals surface area contributed by atoms with Crippen LogP contribution in [-0.4, -0.2) is 134 Å². The number of aliphatic hydroxyl groups excluding tert-OH is 2. The Morgan fingerprint density at radius 1 is 1.02 bits per heavy atom. The summed E-state index contributed by atoms with van der Waals surface area (Å²) in [6.07, 6.45) is 6.43. The van der Waals surface area contributed by atoms with Gasteiger partial charge in [-0.1, -0.05) is 41.0 Å². The van der Waals surface area contributed by atoms with Gasteiger partial charge in [-0.2, -0.15) is 5.06 Å². The van der Waals surface area contributed by atoms with Crippen LogP contribution >= 0.6 is 0 Å². The lowest BCUT2D eigenvalue weighted by Crippen LogP contribution is -2.62. The molecule has 2 bridgehead atoms. The van der Waals surface area contributed by atoms with E-state index in [1.54, 1.807) is 12.0 Å². The molecule has 1 saturated heterocycles. The fourth-order valence-corrected chi connectivity index (χ4v) is 11.5. The molecule has 0 radical (unpaired) electrons. The number of methoxy groups -OCH3 is 1. The first-order valence-corrected chi connectivity index (χ1v) is 20.6. The predicted octanol–water partition coefficient (Wildman–Crippen LogP) is 3.63. The summed E-state index contributed by atoms with van der Waals surface area (Å²) in [5.41, 5.74) is 0.317. The molecule has 0 spiro atoms. The van der Waals surface area contributed by atoms with Crippen molar-refractivity contribution in [1.29, 1.82) is 0 Å². The Hall–Kier alpha value is -1.34. The zero-order chi connectivity index (χ0) is 38.2. The van der Waals surface area contributed by atoms with Gasteiger partial charge in [0.2, 0.25) is 11.8 Å². The number of aliphatic hydroxyl groups is 2. The fourth-order valence-electron chi connectivity index (χ4n) is 11.5.